The molecule has 6 nitrogen and oxygen atoms in total. The molecule has 1 aromatic heterocycles. The Labute approximate surface area is 179 Å². The Balaban J connectivity index is 1.29. The number of nitrogens with zero attached hydrogens (tertiary/aromatic N) is 4. The lowest BCUT2D eigenvalue weighted by molar-refractivity contribution is 0.127. The molecule has 0 radical (unpaired) electrons. The van der Waals surface area contributed by atoms with Crippen LogP contribution in [0.5, 0.6) is 5.75 Å². The third-order valence-electron chi connectivity index (χ3n) is 4.58. The first-order chi connectivity index (χ1) is 14.7. The van der Waals surface area contributed by atoms with E-state index in [0.717, 1.165) is 28.1 Å². The fraction of sp³-hybridized carbons (Fsp3) is 0.174. The lowest BCUT2D eigenvalue weighted by atomic mass is 10.2. The van der Waals surface area contributed by atoms with E-state index in [9.17, 15) is 5.11 Å². The number of phenols is 1. The average molecular weight is 419 g/mol. The summed E-state index contributed by atoms with van der Waals surface area (Å²) >= 11 is 1.39. The van der Waals surface area contributed by atoms with Crippen molar-refractivity contribution in [2.24, 2.45) is 10.2 Å². The summed E-state index contributed by atoms with van der Waals surface area (Å²) in [6, 6.07) is 23.1. The number of anilines is 1. The highest BCUT2D eigenvalue weighted by Crippen LogP contribution is 2.31. The van der Waals surface area contributed by atoms with Crippen molar-refractivity contribution in [2.75, 3.05) is 25.1 Å². The van der Waals surface area contributed by atoms with Crippen molar-refractivity contribution in [1.82, 2.24) is 4.98 Å². The quantitative estimate of drug-likeness (QED) is 0.278. The molecule has 152 valence electrons. The van der Waals surface area contributed by atoms with Crippen molar-refractivity contribution in [3.05, 3.63) is 78.4 Å². The molecule has 7 heteroatoms. The molecular formula is C23H22N4O2S. The number of ether oxygens (including phenoxy) is 1. The van der Waals surface area contributed by atoms with Crippen molar-refractivity contribution in [3.63, 3.8) is 0 Å². The smallest absolute Gasteiger partial charge is 0.231 e. The maximum absolute atomic E-state index is 9.55. The second-order valence-corrected chi connectivity index (χ2v) is 7.83. The predicted octanol–water partition coefficient (Wildman–Crippen LogP) is 6.07. The van der Waals surface area contributed by atoms with Crippen LogP contribution in [0.3, 0.4) is 0 Å². The lowest BCUT2D eigenvalue weighted by Gasteiger charge is -2.19. The van der Waals surface area contributed by atoms with Gasteiger partial charge in [-0.15, -0.1) is 10.2 Å². The van der Waals surface area contributed by atoms with Gasteiger partial charge in [0.25, 0.3) is 0 Å². The number of phenolic OH excluding ortho intramolecular Hbond substituents is 1. The number of rotatable bonds is 8. The van der Waals surface area contributed by atoms with Crippen molar-refractivity contribution in [1.29, 1.82) is 0 Å². The Morgan fingerprint density at radius 2 is 1.80 bits per heavy atom. The van der Waals surface area contributed by atoms with Gasteiger partial charge in [0.2, 0.25) is 5.13 Å². The van der Waals surface area contributed by atoms with E-state index in [4.69, 9.17) is 4.74 Å². The Morgan fingerprint density at radius 3 is 2.60 bits per heavy atom. The third-order valence-corrected chi connectivity index (χ3v) is 5.49. The summed E-state index contributed by atoms with van der Waals surface area (Å²) in [6.45, 7) is 2.08. The highest BCUT2D eigenvalue weighted by Gasteiger charge is 2.04. The maximum Gasteiger partial charge on any atom is 0.231 e. The standard InChI is InChI=1S/C23H22N4O2S/c1-27(13-14-29-16-17-5-3-2-4-6-17)19-9-7-18(8-10-19)25-26-23-24-21-12-11-20(28)15-22(21)30-23/h2-12,15,28H,13-14,16H2,1H3/b26-25+. The molecule has 0 aliphatic heterocycles. The van der Waals surface area contributed by atoms with E-state index in [1.807, 2.05) is 49.5 Å². The van der Waals surface area contributed by atoms with Crippen LogP contribution in [0.1, 0.15) is 5.56 Å². The van der Waals surface area contributed by atoms with E-state index in [2.05, 4.69) is 32.2 Å². The van der Waals surface area contributed by atoms with Crippen LogP contribution in [-0.2, 0) is 11.3 Å². The first kappa shape index (κ1) is 20.0. The molecule has 0 aliphatic rings. The average Bonchev–Trinajstić information content (AvgIpc) is 3.18. The number of fused-ring (bicyclic) bond motifs is 1. The summed E-state index contributed by atoms with van der Waals surface area (Å²) in [5.41, 5.74) is 3.83. The van der Waals surface area contributed by atoms with Crippen LogP contribution in [0.2, 0.25) is 0 Å². The predicted molar refractivity (Wildman–Crippen MR) is 121 cm³/mol. The first-order valence-electron chi connectivity index (χ1n) is 9.61. The van der Waals surface area contributed by atoms with E-state index in [0.29, 0.717) is 18.3 Å². The molecule has 0 saturated carbocycles. The zero-order chi connectivity index (χ0) is 20.8. The number of benzene rings is 3. The topological polar surface area (TPSA) is 70.3 Å². The molecule has 3 aromatic carbocycles. The Morgan fingerprint density at radius 1 is 1.00 bits per heavy atom. The van der Waals surface area contributed by atoms with Gasteiger partial charge in [0.05, 0.1) is 29.1 Å². The molecule has 0 saturated heterocycles. The van der Waals surface area contributed by atoms with Crippen LogP contribution in [0.15, 0.2) is 83.0 Å². The van der Waals surface area contributed by atoms with Gasteiger partial charge >= 0.3 is 0 Å². The minimum absolute atomic E-state index is 0.222. The van der Waals surface area contributed by atoms with Crippen LogP contribution in [-0.4, -0.2) is 30.3 Å². The number of azo groups is 1. The molecule has 0 fully saturated rings. The van der Waals surface area contributed by atoms with Crippen LogP contribution < -0.4 is 4.90 Å². The second kappa shape index (κ2) is 9.47. The molecule has 4 aromatic rings. The second-order valence-electron chi connectivity index (χ2n) is 6.82. The van der Waals surface area contributed by atoms with Gasteiger partial charge in [-0.05, 0) is 48.0 Å². The summed E-state index contributed by atoms with van der Waals surface area (Å²) in [5, 5.41) is 18.6. The molecule has 0 atom stereocenters. The van der Waals surface area contributed by atoms with Crippen molar-refractivity contribution in [3.8, 4) is 5.75 Å². The fourth-order valence-corrected chi connectivity index (χ4v) is 3.73. The highest BCUT2D eigenvalue weighted by atomic mass is 32.1. The van der Waals surface area contributed by atoms with Crippen LogP contribution in [0.25, 0.3) is 10.2 Å². The Hall–Kier alpha value is -3.29. The van der Waals surface area contributed by atoms with Gasteiger partial charge < -0.3 is 14.7 Å². The molecule has 0 unspecified atom stereocenters. The van der Waals surface area contributed by atoms with E-state index in [1.54, 1.807) is 18.2 Å². The summed E-state index contributed by atoms with van der Waals surface area (Å²) < 4.78 is 6.64. The minimum Gasteiger partial charge on any atom is -0.508 e. The number of aromatic hydroxyl groups is 1. The molecule has 1 N–H and O–H groups in total. The van der Waals surface area contributed by atoms with Gasteiger partial charge in [0.15, 0.2) is 0 Å². The van der Waals surface area contributed by atoms with E-state index in [-0.39, 0.29) is 5.75 Å². The molecule has 0 aliphatic carbocycles. The van der Waals surface area contributed by atoms with Gasteiger partial charge in [-0.25, -0.2) is 4.98 Å². The molecule has 30 heavy (non-hydrogen) atoms. The first-order valence-corrected chi connectivity index (χ1v) is 10.4. The molecule has 0 amide bonds. The van der Waals surface area contributed by atoms with Crippen LogP contribution in [0.4, 0.5) is 16.5 Å². The normalized spacial score (nSPS) is 11.4. The van der Waals surface area contributed by atoms with Crippen molar-refractivity contribution in [2.45, 2.75) is 6.61 Å². The van der Waals surface area contributed by atoms with Gasteiger partial charge in [-0.3, -0.25) is 0 Å². The number of hydrogen-bond donors (Lipinski definition) is 1. The van der Waals surface area contributed by atoms with Crippen molar-refractivity contribution < 1.29 is 9.84 Å². The summed E-state index contributed by atoms with van der Waals surface area (Å²) in [7, 11) is 2.04. The number of hydrogen-bond acceptors (Lipinski definition) is 7. The van der Waals surface area contributed by atoms with Gasteiger partial charge in [0.1, 0.15) is 5.75 Å². The van der Waals surface area contributed by atoms with Crippen LogP contribution >= 0.6 is 11.3 Å². The Kier molecular flexibility index (Phi) is 6.32. The maximum atomic E-state index is 9.55. The van der Waals surface area contributed by atoms with E-state index < -0.39 is 0 Å². The van der Waals surface area contributed by atoms with Gasteiger partial charge in [-0.2, -0.15) is 0 Å². The fourth-order valence-electron chi connectivity index (χ4n) is 2.91. The largest absolute Gasteiger partial charge is 0.508 e. The molecule has 4 rings (SSSR count). The minimum atomic E-state index is 0.222. The number of thiazole rings is 1. The zero-order valence-electron chi connectivity index (χ0n) is 16.6. The summed E-state index contributed by atoms with van der Waals surface area (Å²) in [4.78, 5) is 6.55. The van der Waals surface area contributed by atoms with E-state index >= 15 is 0 Å². The third kappa shape index (κ3) is 5.20. The van der Waals surface area contributed by atoms with Crippen LogP contribution in [0, 0.1) is 0 Å². The molecule has 1 heterocycles. The van der Waals surface area contributed by atoms with Gasteiger partial charge in [-0.1, -0.05) is 41.7 Å². The summed E-state index contributed by atoms with van der Waals surface area (Å²) in [6.07, 6.45) is 0. The highest BCUT2D eigenvalue weighted by molar-refractivity contribution is 7.21. The van der Waals surface area contributed by atoms with E-state index in [1.165, 1.54) is 16.9 Å². The SMILES string of the molecule is CN(CCOCc1ccccc1)c1ccc(/N=N/c2nc3ccc(O)cc3s2)cc1. The zero-order valence-corrected chi connectivity index (χ0v) is 17.4. The summed E-state index contributed by atoms with van der Waals surface area (Å²) in [5.74, 6) is 0.222. The van der Waals surface area contributed by atoms with Crippen molar-refractivity contribution >= 4 is 38.1 Å². The molecule has 0 spiro atoms. The molecule has 0 bridgehead atoms. The number of likely N-dealkylation sites (N-methyl/N-ethyl adjacent to an activating group) is 1. The number of aromatic nitrogens is 1. The van der Waals surface area contributed by atoms with Gasteiger partial charge in [0, 0.05) is 19.3 Å². The Bertz CT molecular complexity index is 1130. The monoisotopic (exact) mass is 418 g/mol. The molecular weight excluding hydrogens is 396 g/mol. The lowest BCUT2D eigenvalue weighted by Crippen LogP contribution is -2.22.